The SMILES string of the molecule is CS(=O)(=O)Nc1cnn(CC(=O)Nc2c[nH]c3ccccc23)n1. The number of para-hydroxylation sites is 1. The summed E-state index contributed by atoms with van der Waals surface area (Å²) in [4.78, 5) is 16.2. The Morgan fingerprint density at radius 3 is 2.91 bits per heavy atom. The van der Waals surface area contributed by atoms with Crippen LogP contribution in [0.15, 0.2) is 36.7 Å². The number of fused-ring (bicyclic) bond motifs is 1. The Kier molecular flexibility index (Phi) is 3.74. The standard InChI is InChI=1S/C13H14N6O3S/c1-23(21,22)18-12-7-15-19(17-12)8-13(20)16-11-6-14-10-5-3-2-4-9(10)11/h2-7,14H,8H2,1H3,(H,16,20)(H,17,18). The molecule has 3 aromatic rings. The number of H-pyrrole nitrogens is 1. The van der Waals surface area contributed by atoms with Crippen LogP contribution in [-0.4, -0.2) is 40.6 Å². The summed E-state index contributed by atoms with van der Waals surface area (Å²) in [5.41, 5.74) is 1.58. The second-order valence-corrected chi connectivity index (χ2v) is 6.68. The number of carbonyl (C=O) groups excluding carboxylic acids is 1. The minimum absolute atomic E-state index is 0.0624. The van der Waals surface area contributed by atoms with Crippen molar-refractivity contribution in [2.24, 2.45) is 0 Å². The monoisotopic (exact) mass is 334 g/mol. The predicted molar refractivity (Wildman–Crippen MR) is 85.4 cm³/mol. The van der Waals surface area contributed by atoms with Gasteiger partial charge in [-0.05, 0) is 6.07 Å². The lowest BCUT2D eigenvalue weighted by Crippen LogP contribution is -2.20. The zero-order valence-electron chi connectivity index (χ0n) is 12.1. The first-order valence-corrected chi connectivity index (χ1v) is 8.54. The lowest BCUT2D eigenvalue weighted by molar-refractivity contribution is -0.117. The van der Waals surface area contributed by atoms with E-state index in [4.69, 9.17) is 0 Å². The highest BCUT2D eigenvalue weighted by molar-refractivity contribution is 7.92. The molecule has 3 N–H and O–H groups in total. The number of nitrogens with zero attached hydrogens (tertiary/aromatic N) is 3. The van der Waals surface area contributed by atoms with Crippen LogP contribution in [0.3, 0.4) is 0 Å². The fourth-order valence-electron chi connectivity index (χ4n) is 2.10. The largest absolute Gasteiger partial charge is 0.359 e. The summed E-state index contributed by atoms with van der Waals surface area (Å²) in [6.45, 7) is -0.134. The molecule has 10 heteroatoms. The van der Waals surface area contributed by atoms with Crippen LogP contribution in [0.1, 0.15) is 0 Å². The van der Waals surface area contributed by atoms with E-state index >= 15 is 0 Å². The molecule has 2 heterocycles. The van der Waals surface area contributed by atoms with Gasteiger partial charge in [0.2, 0.25) is 15.9 Å². The summed E-state index contributed by atoms with van der Waals surface area (Å²) >= 11 is 0. The number of benzene rings is 1. The van der Waals surface area contributed by atoms with Gasteiger partial charge in [0.15, 0.2) is 5.82 Å². The van der Waals surface area contributed by atoms with Crippen molar-refractivity contribution in [2.45, 2.75) is 6.54 Å². The number of aromatic nitrogens is 4. The average Bonchev–Trinajstić information content (AvgIpc) is 3.05. The lowest BCUT2D eigenvalue weighted by Gasteiger charge is -2.03. The molecule has 0 saturated heterocycles. The lowest BCUT2D eigenvalue weighted by atomic mass is 10.2. The number of aromatic amines is 1. The first kappa shape index (κ1) is 15.0. The summed E-state index contributed by atoms with van der Waals surface area (Å²) < 4.78 is 24.4. The first-order chi connectivity index (χ1) is 10.9. The first-order valence-electron chi connectivity index (χ1n) is 6.64. The molecule has 3 rings (SSSR count). The molecule has 0 atom stereocenters. The molecule has 0 radical (unpaired) electrons. The molecular weight excluding hydrogens is 320 g/mol. The van der Waals surface area contributed by atoms with Crippen molar-refractivity contribution >= 4 is 38.3 Å². The van der Waals surface area contributed by atoms with Crippen LogP contribution >= 0.6 is 0 Å². The fourth-order valence-corrected chi connectivity index (χ4v) is 2.58. The number of rotatable bonds is 5. The number of hydrogen-bond donors (Lipinski definition) is 3. The quantitative estimate of drug-likeness (QED) is 0.636. The van der Waals surface area contributed by atoms with Gasteiger partial charge in [-0.25, -0.2) is 8.42 Å². The van der Waals surface area contributed by atoms with Gasteiger partial charge in [0, 0.05) is 17.1 Å². The number of hydrogen-bond acceptors (Lipinski definition) is 5. The molecule has 0 spiro atoms. The predicted octanol–water partition coefficient (Wildman–Crippen LogP) is 0.770. The van der Waals surface area contributed by atoms with E-state index in [0.717, 1.165) is 22.0 Å². The van der Waals surface area contributed by atoms with E-state index in [-0.39, 0.29) is 18.3 Å². The van der Waals surface area contributed by atoms with Crippen LogP contribution in [0.5, 0.6) is 0 Å². The minimum atomic E-state index is -3.43. The van der Waals surface area contributed by atoms with Gasteiger partial charge in [-0.3, -0.25) is 9.52 Å². The van der Waals surface area contributed by atoms with Gasteiger partial charge in [-0.15, -0.1) is 5.10 Å². The van der Waals surface area contributed by atoms with Crippen molar-refractivity contribution in [3.8, 4) is 0 Å². The molecule has 0 aliphatic rings. The molecule has 1 amide bonds. The third kappa shape index (κ3) is 3.66. The molecule has 0 aliphatic carbocycles. The Morgan fingerprint density at radius 1 is 1.35 bits per heavy atom. The van der Waals surface area contributed by atoms with Gasteiger partial charge in [0.05, 0.1) is 18.1 Å². The Bertz CT molecular complexity index is 959. The highest BCUT2D eigenvalue weighted by Gasteiger charge is 2.11. The highest BCUT2D eigenvalue weighted by atomic mass is 32.2. The van der Waals surface area contributed by atoms with Gasteiger partial charge in [0.1, 0.15) is 6.54 Å². The number of nitrogens with one attached hydrogen (secondary N) is 3. The Morgan fingerprint density at radius 2 is 2.13 bits per heavy atom. The molecule has 1 aromatic carbocycles. The third-order valence-electron chi connectivity index (χ3n) is 2.97. The highest BCUT2D eigenvalue weighted by Crippen LogP contribution is 2.22. The topological polar surface area (TPSA) is 122 Å². The van der Waals surface area contributed by atoms with Gasteiger partial charge in [-0.1, -0.05) is 18.2 Å². The van der Waals surface area contributed by atoms with Crippen LogP contribution < -0.4 is 10.0 Å². The van der Waals surface area contributed by atoms with Gasteiger partial charge < -0.3 is 10.3 Å². The Labute approximate surface area is 131 Å². The van der Waals surface area contributed by atoms with Crippen molar-refractivity contribution in [2.75, 3.05) is 16.3 Å². The number of carbonyl (C=O) groups is 1. The van der Waals surface area contributed by atoms with Gasteiger partial charge in [0.25, 0.3) is 0 Å². The second-order valence-electron chi connectivity index (χ2n) is 4.93. The van der Waals surface area contributed by atoms with Crippen LogP contribution in [0.4, 0.5) is 11.5 Å². The van der Waals surface area contributed by atoms with Crippen molar-refractivity contribution in [3.05, 3.63) is 36.7 Å². The number of amides is 1. The summed E-state index contributed by atoms with van der Waals surface area (Å²) in [7, 11) is -3.43. The van der Waals surface area contributed by atoms with E-state index in [1.165, 1.54) is 6.20 Å². The molecule has 9 nitrogen and oxygen atoms in total. The van der Waals surface area contributed by atoms with E-state index in [2.05, 4.69) is 25.2 Å². The van der Waals surface area contributed by atoms with Crippen molar-refractivity contribution in [1.82, 2.24) is 20.0 Å². The van der Waals surface area contributed by atoms with E-state index in [0.29, 0.717) is 5.69 Å². The number of anilines is 2. The maximum absolute atomic E-state index is 12.1. The van der Waals surface area contributed by atoms with E-state index < -0.39 is 10.0 Å². The third-order valence-corrected chi connectivity index (χ3v) is 3.55. The van der Waals surface area contributed by atoms with E-state index in [9.17, 15) is 13.2 Å². The molecule has 0 saturated carbocycles. The molecule has 0 unspecified atom stereocenters. The molecule has 23 heavy (non-hydrogen) atoms. The number of sulfonamides is 1. The second kappa shape index (κ2) is 5.72. The van der Waals surface area contributed by atoms with Crippen molar-refractivity contribution in [1.29, 1.82) is 0 Å². The molecular formula is C13H14N6O3S. The molecule has 0 aliphatic heterocycles. The molecule has 0 bridgehead atoms. The van der Waals surface area contributed by atoms with Crippen LogP contribution in [-0.2, 0) is 21.4 Å². The molecule has 0 fully saturated rings. The maximum Gasteiger partial charge on any atom is 0.248 e. The fraction of sp³-hybridized carbons (Fsp3) is 0.154. The summed E-state index contributed by atoms with van der Waals surface area (Å²) in [6, 6.07) is 7.57. The Balaban J connectivity index is 1.68. The van der Waals surface area contributed by atoms with Crippen LogP contribution in [0.2, 0.25) is 0 Å². The summed E-state index contributed by atoms with van der Waals surface area (Å²) in [5.74, 6) is -0.261. The van der Waals surface area contributed by atoms with Crippen molar-refractivity contribution < 1.29 is 13.2 Å². The van der Waals surface area contributed by atoms with Crippen LogP contribution in [0, 0.1) is 0 Å². The average molecular weight is 334 g/mol. The van der Waals surface area contributed by atoms with E-state index in [1.807, 2.05) is 24.3 Å². The van der Waals surface area contributed by atoms with Crippen LogP contribution in [0.25, 0.3) is 10.9 Å². The summed E-state index contributed by atoms with van der Waals surface area (Å²) in [5, 5.41) is 11.4. The summed E-state index contributed by atoms with van der Waals surface area (Å²) in [6.07, 6.45) is 3.95. The van der Waals surface area contributed by atoms with E-state index in [1.54, 1.807) is 6.20 Å². The normalized spacial score (nSPS) is 11.5. The van der Waals surface area contributed by atoms with Crippen molar-refractivity contribution in [3.63, 3.8) is 0 Å². The minimum Gasteiger partial charge on any atom is -0.359 e. The van der Waals surface area contributed by atoms with Gasteiger partial charge >= 0.3 is 0 Å². The Hall–Kier alpha value is -2.88. The maximum atomic E-state index is 12.1. The molecule has 120 valence electrons. The smallest absolute Gasteiger partial charge is 0.248 e. The zero-order valence-corrected chi connectivity index (χ0v) is 13.0. The van der Waals surface area contributed by atoms with Gasteiger partial charge in [-0.2, -0.15) is 9.90 Å². The molecule has 2 aromatic heterocycles. The zero-order chi connectivity index (χ0) is 16.4.